The molecule has 0 unspecified atom stereocenters. The molecule has 0 radical (unpaired) electrons. The molecule has 1 aromatic rings. The molecule has 8 heteroatoms. The number of nitrogens with one attached hydrogen (secondary N) is 2. The molecule has 2 aliphatic rings. The maximum atomic E-state index is 5.79. The van der Waals surface area contributed by atoms with Crippen molar-refractivity contribution in [2.24, 2.45) is 4.74 Å². The van der Waals surface area contributed by atoms with E-state index >= 15 is 0 Å². The Hall–Kier alpha value is -0.820. The molecule has 2 heterocycles. The van der Waals surface area contributed by atoms with E-state index in [1.54, 1.807) is 4.90 Å². The minimum absolute atomic E-state index is 0.0380. The molecule has 28 heavy (non-hydrogen) atoms. The molecule has 2 fully saturated rings. The Kier molecular flexibility index (Phi) is 7.29. The molecule has 0 amide bonds. The Morgan fingerprint density at radius 1 is 1.11 bits per heavy atom. The number of hydrogen-bond acceptors (Lipinski definition) is 3. The summed E-state index contributed by atoms with van der Waals surface area (Å²) in [5.74, 6) is 0. The topological polar surface area (TPSA) is 44.5 Å². The van der Waals surface area contributed by atoms with Crippen LogP contribution in [0.3, 0.4) is 0 Å². The molecule has 156 valence electrons. The number of hydrogen-bond donors (Lipinski definition) is 2. The first kappa shape index (κ1) is 21.9. The van der Waals surface area contributed by atoms with Gasteiger partial charge >= 0.3 is 0 Å². The van der Waals surface area contributed by atoms with Gasteiger partial charge in [0, 0.05) is 23.6 Å². The van der Waals surface area contributed by atoms with Crippen LogP contribution in [0.5, 0.6) is 0 Å². The molecule has 1 aromatic carbocycles. The van der Waals surface area contributed by atoms with Crippen LogP contribution in [0.2, 0.25) is 0 Å². The number of likely N-dealkylation sites (N-methyl/N-ethyl adjacent to an activating group) is 1. The summed E-state index contributed by atoms with van der Waals surface area (Å²) in [7, 11) is 0.139. The van der Waals surface area contributed by atoms with E-state index in [1.807, 2.05) is 0 Å². The SMILES string of the molecule is C[NH+]1CCN(NC(=S)N=[P@](c2ccccc2)(N2CCOCC2)C(C)(C)C)CC1. The smallest absolute Gasteiger partial charge is 0.207 e. The zero-order valence-corrected chi connectivity index (χ0v) is 19.4. The summed E-state index contributed by atoms with van der Waals surface area (Å²) in [6, 6.07) is 10.7. The molecule has 0 aliphatic carbocycles. The number of quaternary nitrogens is 1. The second-order valence-corrected chi connectivity index (χ2v) is 12.8. The van der Waals surface area contributed by atoms with Crippen LogP contribution in [0, 0.1) is 0 Å². The van der Waals surface area contributed by atoms with Gasteiger partial charge in [-0.15, -0.1) is 0 Å². The number of hydrazine groups is 1. The molecule has 6 nitrogen and oxygen atoms in total. The Bertz CT molecular complexity index is 707. The molecule has 0 aromatic heterocycles. The van der Waals surface area contributed by atoms with E-state index in [1.165, 1.54) is 5.30 Å². The third-order valence-electron chi connectivity index (χ3n) is 5.55. The number of morpholine rings is 1. The van der Waals surface area contributed by atoms with Gasteiger partial charge in [0.25, 0.3) is 0 Å². The summed E-state index contributed by atoms with van der Waals surface area (Å²) in [4.78, 5) is 1.56. The predicted octanol–water partition coefficient (Wildman–Crippen LogP) is 1.18. The van der Waals surface area contributed by atoms with Crippen LogP contribution < -0.4 is 15.6 Å². The molecular formula is C20H35N5OPS+. The Morgan fingerprint density at radius 2 is 1.71 bits per heavy atom. The maximum Gasteiger partial charge on any atom is 0.207 e. The predicted molar refractivity (Wildman–Crippen MR) is 121 cm³/mol. The highest BCUT2D eigenvalue weighted by Gasteiger charge is 2.42. The van der Waals surface area contributed by atoms with E-state index in [-0.39, 0.29) is 5.16 Å². The van der Waals surface area contributed by atoms with Gasteiger partial charge in [0.05, 0.1) is 53.6 Å². The second kappa shape index (κ2) is 9.33. The Balaban J connectivity index is 1.99. The normalized spacial score (nSPS) is 22.4. The molecule has 2 N–H and O–H groups in total. The number of benzene rings is 1. The highest BCUT2D eigenvalue weighted by atomic mass is 32.1. The fourth-order valence-corrected chi connectivity index (χ4v) is 8.63. The zero-order chi connectivity index (χ0) is 20.2. The quantitative estimate of drug-likeness (QED) is 0.564. The van der Waals surface area contributed by atoms with E-state index in [2.05, 4.69) is 73.3 Å². The molecule has 0 spiro atoms. The lowest BCUT2D eigenvalue weighted by atomic mass is 10.3. The summed E-state index contributed by atoms with van der Waals surface area (Å²) in [5, 5.41) is 4.08. The van der Waals surface area contributed by atoms with Gasteiger partial charge in [-0.1, -0.05) is 51.1 Å². The Labute approximate surface area is 175 Å². The number of nitrogens with zero attached hydrogens (tertiary/aromatic N) is 3. The minimum atomic E-state index is -2.10. The molecule has 2 aliphatic heterocycles. The molecule has 0 saturated carbocycles. The second-order valence-electron chi connectivity index (χ2n) is 8.63. The van der Waals surface area contributed by atoms with Crippen LogP contribution >= 0.6 is 19.4 Å². The first-order chi connectivity index (χ1) is 13.3. The first-order valence-corrected chi connectivity index (χ1v) is 12.3. The number of rotatable bonds is 3. The lowest BCUT2D eigenvalue weighted by molar-refractivity contribution is -0.884. The Morgan fingerprint density at radius 3 is 2.29 bits per heavy atom. The fraction of sp³-hybridized carbons (Fsp3) is 0.650. The van der Waals surface area contributed by atoms with Crippen LogP contribution in [0.4, 0.5) is 0 Å². The van der Waals surface area contributed by atoms with Crippen LogP contribution in [-0.2, 0) is 4.74 Å². The fourth-order valence-electron chi connectivity index (χ4n) is 4.01. The van der Waals surface area contributed by atoms with Gasteiger partial charge in [-0.3, -0.25) is 10.1 Å². The molecule has 3 rings (SSSR count). The van der Waals surface area contributed by atoms with Crippen molar-refractivity contribution in [1.82, 2.24) is 15.1 Å². The first-order valence-electron chi connectivity index (χ1n) is 10.2. The highest BCUT2D eigenvalue weighted by molar-refractivity contribution is 7.81. The molecule has 1 atom stereocenters. The highest BCUT2D eigenvalue weighted by Crippen LogP contribution is 2.62. The minimum Gasteiger partial charge on any atom is -0.379 e. The van der Waals surface area contributed by atoms with Crippen molar-refractivity contribution in [2.75, 3.05) is 59.5 Å². The van der Waals surface area contributed by atoms with E-state index in [4.69, 9.17) is 21.7 Å². The maximum absolute atomic E-state index is 5.79. The largest absolute Gasteiger partial charge is 0.379 e. The van der Waals surface area contributed by atoms with Gasteiger partial charge in [0.1, 0.15) is 0 Å². The van der Waals surface area contributed by atoms with Crippen molar-refractivity contribution in [3.8, 4) is 0 Å². The van der Waals surface area contributed by atoms with Crippen molar-refractivity contribution >= 4 is 29.8 Å². The van der Waals surface area contributed by atoms with E-state index < -0.39 is 7.21 Å². The summed E-state index contributed by atoms with van der Waals surface area (Å²) >= 11 is 5.79. The van der Waals surface area contributed by atoms with Gasteiger partial charge in [-0.25, -0.2) is 9.75 Å². The number of piperazine rings is 1. The van der Waals surface area contributed by atoms with Crippen LogP contribution in [0.25, 0.3) is 0 Å². The summed E-state index contributed by atoms with van der Waals surface area (Å²) in [6.07, 6.45) is 0. The lowest BCUT2D eigenvalue weighted by Crippen LogP contribution is -3.12. The lowest BCUT2D eigenvalue weighted by Gasteiger charge is -2.47. The molecular weight excluding hydrogens is 389 g/mol. The summed E-state index contributed by atoms with van der Waals surface area (Å²) in [6.45, 7) is 14.4. The van der Waals surface area contributed by atoms with Crippen molar-refractivity contribution in [1.29, 1.82) is 0 Å². The van der Waals surface area contributed by atoms with Gasteiger partial charge in [0.15, 0.2) is 0 Å². The standard InChI is InChI=1S/C20H34N5OPS/c1-20(2,3)27(18-8-6-5-7-9-18,25-14-16-26-17-15-25)22-19(28)21-24-12-10-23(4)11-13-24/h5-9H,10-17H2,1-4H3,(H,21,28)/p+1/t27-/m1/s1. The number of thiocarbonyl (C=S) groups is 1. The van der Waals surface area contributed by atoms with E-state index in [0.717, 1.165) is 52.5 Å². The van der Waals surface area contributed by atoms with Crippen molar-refractivity contribution in [3.05, 3.63) is 30.3 Å². The van der Waals surface area contributed by atoms with E-state index in [9.17, 15) is 0 Å². The van der Waals surface area contributed by atoms with Gasteiger partial charge in [-0.05, 0) is 12.2 Å². The third-order valence-corrected chi connectivity index (χ3v) is 10.5. The van der Waals surface area contributed by atoms with Crippen LogP contribution in [0.15, 0.2) is 35.1 Å². The van der Waals surface area contributed by atoms with Crippen molar-refractivity contribution in [3.63, 3.8) is 0 Å². The van der Waals surface area contributed by atoms with Crippen LogP contribution in [-0.4, -0.2) is 79.5 Å². The molecule has 0 bridgehead atoms. The average Bonchev–Trinajstić information content (AvgIpc) is 2.68. The zero-order valence-electron chi connectivity index (χ0n) is 17.6. The monoisotopic (exact) mass is 424 g/mol. The van der Waals surface area contributed by atoms with E-state index in [0.29, 0.717) is 5.11 Å². The van der Waals surface area contributed by atoms with Crippen molar-refractivity contribution < 1.29 is 9.64 Å². The summed E-state index contributed by atoms with van der Waals surface area (Å²) in [5.41, 5.74) is 3.43. The third kappa shape index (κ3) is 4.84. The number of ether oxygens (including phenoxy) is 1. The van der Waals surface area contributed by atoms with Gasteiger partial charge < -0.3 is 9.64 Å². The summed E-state index contributed by atoms with van der Waals surface area (Å²) < 4.78 is 13.5. The van der Waals surface area contributed by atoms with Gasteiger partial charge in [-0.2, -0.15) is 0 Å². The van der Waals surface area contributed by atoms with Crippen molar-refractivity contribution in [2.45, 2.75) is 25.9 Å². The van der Waals surface area contributed by atoms with Crippen LogP contribution in [0.1, 0.15) is 20.8 Å². The molecule has 2 saturated heterocycles. The average molecular weight is 425 g/mol. The van der Waals surface area contributed by atoms with Gasteiger partial charge in [0.2, 0.25) is 5.11 Å².